The monoisotopic (exact) mass is 304 g/mol. The molecule has 1 aromatic rings. The molecular formula is C18H28N2S. The third kappa shape index (κ3) is 2.93. The van der Waals surface area contributed by atoms with Crippen molar-refractivity contribution in [3.05, 3.63) is 22.4 Å². The van der Waals surface area contributed by atoms with Crippen LogP contribution in [0.15, 0.2) is 16.8 Å². The molecule has 1 aromatic heterocycles. The van der Waals surface area contributed by atoms with Gasteiger partial charge in [0.25, 0.3) is 0 Å². The summed E-state index contributed by atoms with van der Waals surface area (Å²) in [7, 11) is 0. The lowest BCUT2D eigenvalue weighted by atomic mass is 9.48. The molecule has 1 atom stereocenters. The third-order valence-corrected chi connectivity index (χ3v) is 7.17. The molecule has 2 nitrogen and oxygen atoms in total. The molecule has 1 heterocycles. The van der Waals surface area contributed by atoms with Crippen LogP contribution in [0.5, 0.6) is 0 Å². The first kappa shape index (κ1) is 14.2. The molecule has 4 bridgehead atoms. The molecule has 0 amide bonds. The van der Waals surface area contributed by atoms with Crippen molar-refractivity contribution in [2.45, 2.75) is 63.8 Å². The Balaban J connectivity index is 1.39. The van der Waals surface area contributed by atoms with Crippen LogP contribution in [0.1, 0.15) is 56.9 Å². The van der Waals surface area contributed by atoms with E-state index in [4.69, 9.17) is 5.84 Å². The number of nitrogens with two attached hydrogens (primary N) is 1. The van der Waals surface area contributed by atoms with Gasteiger partial charge in [-0.3, -0.25) is 11.3 Å². The Hall–Kier alpha value is -0.380. The number of hydrazine groups is 1. The lowest BCUT2D eigenvalue weighted by molar-refractivity contribution is -0.0623. The Labute approximate surface area is 132 Å². The highest BCUT2D eigenvalue weighted by Crippen LogP contribution is 2.61. The summed E-state index contributed by atoms with van der Waals surface area (Å²) in [6, 6.07) is 2.75. The first-order valence-corrected chi connectivity index (χ1v) is 9.66. The van der Waals surface area contributed by atoms with Gasteiger partial charge in [0.05, 0.1) is 0 Å². The lowest BCUT2D eigenvalue weighted by Crippen LogP contribution is -2.49. The SMILES string of the molecule is NNC(CCc1ccsc1)CC12CC3CC(CC(C3)C1)C2. The molecule has 4 fully saturated rings. The third-order valence-electron chi connectivity index (χ3n) is 6.44. The predicted octanol–water partition coefficient (Wildman–Crippen LogP) is 4.12. The molecular weight excluding hydrogens is 276 g/mol. The summed E-state index contributed by atoms with van der Waals surface area (Å²) in [5, 5.41) is 4.46. The molecule has 5 rings (SSSR count). The number of hydrogen-bond acceptors (Lipinski definition) is 3. The second-order valence-corrected chi connectivity index (χ2v) is 8.94. The molecule has 116 valence electrons. The molecule has 0 saturated heterocycles. The molecule has 0 radical (unpaired) electrons. The summed E-state index contributed by atoms with van der Waals surface area (Å²) in [5.41, 5.74) is 5.26. The standard InChI is InChI=1S/C18H28N2S/c19-20-17(2-1-13-3-4-21-12-13)11-18-8-14-5-15(9-18)7-16(6-14)10-18/h3-4,12,14-17,20H,1-2,5-11,19H2. The Bertz CT molecular complexity index is 432. The van der Waals surface area contributed by atoms with Crippen molar-refractivity contribution in [1.29, 1.82) is 0 Å². The van der Waals surface area contributed by atoms with Gasteiger partial charge in [0.1, 0.15) is 0 Å². The van der Waals surface area contributed by atoms with E-state index < -0.39 is 0 Å². The van der Waals surface area contributed by atoms with Crippen molar-refractivity contribution in [2.75, 3.05) is 0 Å². The molecule has 1 unspecified atom stereocenters. The smallest absolute Gasteiger partial charge is 0.0219 e. The Kier molecular flexibility index (Phi) is 3.85. The van der Waals surface area contributed by atoms with Crippen LogP contribution in [0.25, 0.3) is 0 Å². The molecule has 0 aliphatic heterocycles. The largest absolute Gasteiger partial charge is 0.271 e. The maximum absolute atomic E-state index is 5.89. The van der Waals surface area contributed by atoms with E-state index in [2.05, 4.69) is 22.3 Å². The van der Waals surface area contributed by atoms with Crippen LogP contribution in [-0.4, -0.2) is 6.04 Å². The van der Waals surface area contributed by atoms with Crippen LogP contribution in [-0.2, 0) is 6.42 Å². The molecule has 3 heteroatoms. The van der Waals surface area contributed by atoms with Crippen molar-refractivity contribution < 1.29 is 0 Å². The first-order valence-electron chi connectivity index (χ1n) is 8.72. The Morgan fingerprint density at radius 2 is 1.86 bits per heavy atom. The fourth-order valence-electron chi connectivity index (χ4n) is 6.08. The summed E-state index contributed by atoms with van der Waals surface area (Å²) >= 11 is 1.80. The van der Waals surface area contributed by atoms with Crippen LogP contribution in [0, 0.1) is 23.2 Å². The number of nitrogens with one attached hydrogen (secondary N) is 1. The maximum Gasteiger partial charge on any atom is 0.0219 e. The lowest BCUT2D eigenvalue weighted by Gasteiger charge is -2.57. The molecule has 4 aliphatic rings. The number of thiophene rings is 1. The second kappa shape index (κ2) is 5.68. The van der Waals surface area contributed by atoms with E-state index in [1.54, 1.807) is 11.3 Å². The number of rotatable bonds is 6. The summed E-state index contributed by atoms with van der Waals surface area (Å²) in [6.45, 7) is 0. The van der Waals surface area contributed by atoms with Crippen LogP contribution in [0.3, 0.4) is 0 Å². The van der Waals surface area contributed by atoms with E-state index >= 15 is 0 Å². The number of aryl methyl sites for hydroxylation is 1. The van der Waals surface area contributed by atoms with E-state index in [1.165, 1.54) is 63.4 Å². The Morgan fingerprint density at radius 3 is 2.38 bits per heavy atom. The van der Waals surface area contributed by atoms with Gasteiger partial charge in [0, 0.05) is 6.04 Å². The molecule has 3 N–H and O–H groups in total. The van der Waals surface area contributed by atoms with Gasteiger partial charge in [0.15, 0.2) is 0 Å². The fourth-order valence-corrected chi connectivity index (χ4v) is 6.79. The van der Waals surface area contributed by atoms with Gasteiger partial charge in [-0.1, -0.05) is 0 Å². The second-order valence-electron chi connectivity index (χ2n) is 8.16. The van der Waals surface area contributed by atoms with Gasteiger partial charge < -0.3 is 0 Å². The average molecular weight is 305 g/mol. The number of hydrogen-bond donors (Lipinski definition) is 2. The zero-order chi connectivity index (χ0) is 14.3. The summed E-state index contributed by atoms with van der Waals surface area (Å²) in [6.07, 6.45) is 12.8. The molecule has 4 saturated carbocycles. The van der Waals surface area contributed by atoms with E-state index in [-0.39, 0.29) is 0 Å². The summed E-state index contributed by atoms with van der Waals surface area (Å²) < 4.78 is 0. The van der Waals surface area contributed by atoms with E-state index in [0.717, 1.165) is 17.8 Å². The van der Waals surface area contributed by atoms with Crippen molar-refractivity contribution >= 4 is 11.3 Å². The van der Waals surface area contributed by atoms with Crippen molar-refractivity contribution in [1.82, 2.24) is 5.43 Å². The highest BCUT2D eigenvalue weighted by Gasteiger charge is 2.51. The van der Waals surface area contributed by atoms with E-state index in [9.17, 15) is 0 Å². The predicted molar refractivity (Wildman–Crippen MR) is 89.0 cm³/mol. The van der Waals surface area contributed by atoms with E-state index in [1.807, 2.05) is 0 Å². The van der Waals surface area contributed by atoms with Gasteiger partial charge in [-0.25, -0.2) is 0 Å². The van der Waals surface area contributed by atoms with Gasteiger partial charge >= 0.3 is 0 Å². The molecule has 21 heavy (non-hydrogen) atoms. The maximum atomic E-state index is 5.89. The average Bonchev–Trinajstić information content (AvgIpc) is 2.95. The molecule has 0 spiro atoms. The fraction of sp³-hybridized carbons (Fsp3) is 0.778. The van der Waals surface area contributed by atoms with Crippen LogP contribution >= 0.6 is 11.3 Å². The van der Waals surface area contributed by atoms with Crippen molar-refractivity contribution in [3.8, 4) is 0 Å². The van der Waals surface area contributed by atoms with Gasteiger partial charge in [-0.05, 0) is 103 Å². The van der Waals surface area contributed by atoms with Crippen molar-refractivity contribution in [2.24, 2.45) is 29.0 Å². The van der Waals surface area contributed by atoms with Gasteiger partial charge in [0.2, 0.25) is 0 Å². The van der Waals surface area contributed by atoms with Gasteiger partial charge in [-0.15, -0.1) is 0 Å². The zero-order valence-electron chi connectivity index (χ0n) is 12.9. The quantitative estimate of drug-likeness (QED) is 0.613. The first-order chi connectivity index (χ1) is 10.2. The molecule has 4 aliphatic carbocycles. The van der Waals surface area contributed by atoms with Gasteiger partial charge in [-0.2, -0.15) is 11.3 Å². The van der Waals surface area contributed by atoms with Crippen LogP contribution in [0.2, 0.25) is 0 Å². The highest BCUT2D eigenvalue weighted by molar-refractivity contribution is 7.07. The Morgan fingerprint density at radius 1 is 1.19 bits per heavy atom. The minimum absolute atomic E-state index is 0.501. The normalized spacial score (nSPS) is 38.8. The van der Waals surface area contributed by atoms with Crippen LogP contribution < -0.4 is 11.3 Å². The summed E-state index contributed by atoms with van der Waals surface area (Å²) in [4.78, 5) is 0. The topological polar surface area (TPSA) is 38.0 Å². The van der Waals surface area contributed by atoms with Crippen molar-refractivity contribution in [3.63, 3.8) is 0 Å². The highest BCUT2D eigenvalue weighted by atomic mass is 32.1. The molecule has 0 aromatic carbocycles. The minimum Gasteiger partial charge on any atom is -0.271 e. The summed E-state index contributed by atoms with van der Waals surface area (Å²) in [5.74, 6) is 9.04. The minimum atomic E-state index is 0.501. The van der Waals surface area contributed by atoms with Crippen LogP contribution in [0.4, 0.5) is 0 Å². The zero-order valence-corrected chi connectivity index (χ0v) is 13.7. The van der Waals surface area contributed by atoms with E-state index in [0.29, 0.717) is 11.5 Å².